The van der Waals surface area contributed by atoms with Gasteiger partial charge in [0.1, 0.15) is 5.82 Å². The van der Waals surface area contributed by atoms with Crippen molar-refractivity contribution < 1.29 is 4.79 Å². The molecule has 0 atom stereocenters. The first-order valence-corrected chi connectivity index (χ1v) is 11.9. The number of hydrogen-bond acceptors (Lipinski definition) is 6. The Morgan fingerprint density at radius 1 is 0.974 bits per heavy atom. The third kappa shape index (κ3) is 5.15. The monoisotopic (exact) mass is 504 g/mol. The van der Waals surface area contributed by atoms with Gasteiger partial charge in [0.05, 0.1) is 34.7 Å². The van der Waals surface area contributed by atoms with Crippen LogP contribution in [-0.2, 0) is 13.1 Å². The molecule has 0 radical (unpaired) electrons. The van der Waals surface area contributed by atoms with Gasteiger partial charge in [-0.25, -0.2) is 9.97 Å². The van der Waals surface area contributed by atoms with Gasteiger partial charge in [0.15, 0.2) is 0 Å². The summed E-state index contributed by atoms with van der Waals surface area (Å²) in [6, 6.07) is 18.0. The number of aryl methyl sites for hydroxylation is 1. The Morgan fingerprint density at radius 3 is 2.47 bits per heavy atom. The highest BCUT2D eigenvalue weighted by molar-refractivity contribution is 5.94. The normalized spacial score (nSPS) is 10.8. The van der Waals surface area contributed by atoms with Crippen LogP contribution >= 0.6 is 0 Å². The molecule has 2 aromatic heterocycles. The predicted molar refractivity (Wildman–Crippen MR) is 147 cm³/mol. The number of nitrogens with zero attached hydrogens (tertiary/aromatic N) is 3. The van der Waals surface area contributed by atoms with Crippen LogP contribution in [0.15, 0.2) is 76.6 Å². The molecule has 9 heteroatoms. The number of benzene rings is 3. The first-order chi connectivity index (χ1) is 18.4. The van der Waals surface area contributed by atoms with Gasteiger partial charge in [0.25, 0.3) is 17.0 Å². The summed E-state index contributed by atoms with van der Waals surface area (Å²) >= 11 is 0. The second-order valence-electron chi connectivity index (χ2n) is 8.88. The molecule has 9 nitrogen and oxygen atoms in total. The quantitative estimate of drug-likeness (QED) is 0.293. The van der Waals surface area contributed by atoms with Gasteiger partial charge < -0.3 is 20.2 Å². The fourth-order valence-corrected chi connectivity index (χ4v) is 4.30. The van der Waals surface area contributed by atoms with Gasteiger partial charge in [-0.15, -0.1) is 6.42 Å². The Labute approximate surface area is 217 Å². The number of aromatic amines is 2. The van der Waals surface area contributed by atoms with Gasteiger partial charge in [-0.05, 0) is 66.6 Å². The molecule has 3 N–H and O–H groups in total. The number of fused-ring (bicyclic) bond motifs is 2. The number of carbonyl (C=O) groups is 1. The Hall–Kier alpha value is -5.23. The first-order valence-electron chi connectivity index (χ1n) is 11.9. The molecule has 0 saturated carbocycles. The summed E-state index contributed by atoms with van der Waals surface area (Å²) in [6.45, 7) is 2.84. The maximum atomic E-state index is 12.8. The van der Waals surface area contributed by atoms with E-state index in [2.05, 4.69) is 31.2 Å². The zero-order valence-corrected chi connectivity index (χ0v) is 20.6. The minimum Gasteiger partial charge on any atom is -0.356 e. The molecule has 2 heterocycles. The highest BCUT2D eigenvalue weighted by Crippen LogP contribution is 2.20. The van der Waals surface area contributed by atoms with Crippen molar-refractivity contribution in [3.8, 4) is 12.3 Å². The van der Waals surface area contributed by atoms with Crippen LogP contribution in [0.1, 0.15) is 27.3 Å². The summed E-state index contributed by atoms with van der Waals surface area (Å²) in [5, 5.41) is 3.88. The van der Waals surface area contributed by atoms with Gasteiger partial charge in [0, 0.05) is 24.3 Å². The number of nitrogens with one attached hydrogen (secondary N) is 3. The maximum absolute atomic E-state index is 12.8. The van der Waals surface area contributed by atoms with Gasteiger partial charge in [-0.2, -0.15) is 0 Å². The molecule has 3 aromatic carbocycles. The smallest absolute Gasteiger partial charge is 0.258 e. The van der Waals surface area contributed by atoms with Gasteiger partial charge in [-0.1, -0.05) is 18.1 Å². The van der Waals surface area contributed by atoms with Crippen LogP contribution in [0.4, 0.5) is 5.69 Å². The van der Waals surface area contributed by atoms with E-state index in [1.54, 1.807) is 31.2 Å². The van der Waals surface area contributed by atoms with Crippen LogP contribution in [0.3, 0.4) is 0 Å². The number of aromatic nitrogens is 4. The van der Waals surface area contributed by atoms with Crippen LogP contribution in [-0.4, -0.2) is 32.4 Å². The van der Waals surface area contributed by atoms with Crippen molar-refractivity contribution in [2.75, 3.05) is 11.4 Å². The van der Waals surface area contributed by atoms with Crippen molar-refractivity contribution in [3.05, 3.63) is 110 Å². The summed E-state index contributed by atoms with van der Waals surface area (Å²) in [5.41, 5.74) is 3.87. The molecule has 0 fully saturated rings. The molecule has 38 heavy (non-hydrogen) atoms. The van der Waals surface area contributed by atoms with Crippen molar-refractivity contribution in [2.45, 2.75) is 20.0 Å². The number of anilines is 1. The molecule has 0 aliphatic heterocycles. The first kappa shape index (κ1) is 24.5. The van der Waals surface area contributed by atoms with E-state index < -0.39 is 0 Å². The standard InChI is InChI=1S/C29H24N6O3/c1-3-12-35(16-20-5-11-26-24(14-20)29(38)34-18(2)33-26)22-8-6-21(7-9-22)27(36)30-15-19-4-10-25-23(13-19)28(37)32-17-31-25/h1,4-11,13-14,17H,12,15-16H2,2H3,(H,30,36)(H,31,32,37)(H,33,34,38). The Kier molecular flexibility index (Phi) is 6.70. The van der Waals surface area contributed by atoms with Gasteiger partial charge in [0.2, 0.25) is 0 Å². The number of rotatable bonds is 7. The fourth-order valence-electron chi connectivity index (χ4n) is 4.30. The topological polar surface area (TPSA) is 124 Å². The summed E-state index contributed by atoms with van der Waals surface area (Å²) in [4.78, 5) is 52.9. The fraction of sp³-hybridized carbons (Fsp3) is 0.138. The number of H-pyrrole nitrogens is 2. The number of carbonyl (C=O) groups excluding carboxylic acids is 1. The van der Waals surface area contributed by atoms with E-state index in [0.29, 0.717) is 46.3 Å². The van der Waals surface area contributed by atoms with Crippen LogP contribution < -0.4 is 21.3 Å². The molecule has 5 rings (SSSR count). The lowest BCUT2D eigenvalue weighted by molar-refractivity contribution is 0.0951. The summed E-state index contributed by atoms with van der Waals surface area (Å²) in [7, 11) is 0. The van der Waals surface area contributed by atoms with E-state index >= 15 is 0 Å². The van der Waals surface area contributed by atoms with E-state index in [1.807, 2.05) is 41.3 Å². The second-order valence-corrected chi connectivity index (χ2v) is 8.88. The number of hydrogen-bond donors (Lipinski definition) is 3. The van der Waals surface area contributed by atoms with Crippen LogP contribution in [0.2, 0.25) is 0 Å². The second kappa shape index (κ2) is 10.4. The Bertz CT molecular complexity index is 1820. The maximum Gasteiger partial charge on any atom is 0.258 e. The van der Waals surface area contributed by atoms with Gasteiger partial charge in [-0.3, -0.25) is 14.4 Å². The Morgan fingerprint density at radius 2 is 1.68 bits per heavy atom. The van der Waals surface area contributed by atoms with E-state index in [-0.39, 0.29) is 23.6 Å². The van der Waals surface area contributed by atoms with Crippen LogP contribution in [0.25, 0.3) is 21.8 Å². The zero-order valence-electron chi connectivity index (χ0n) is 20.6. The predicted octanol–water partition coefficient (Wildman–Crippen LogP) is 3.04. The van der Waals surface area contributed by atoms with Crippen LogP contribution in [0, 0.1) is 19.3 Å². The van der Waals surface area contributed by atoms with E-state index in [0.717, 1.165) is 16.8 Å². The summed E-state index contributed by atoms with van der Waals surface area (Å²) in [5.74, 6) is 3.00. The van der Waals surface area contributed by atoms with Crippen molar-refractivity contribution in [1.29, 1.82) is 0 Å². The average molecular weight is 505 g/mol. The molecule has 188 valence electrons. The number of amides is 1. The molecule has 0 aliphatic rings. The lowest BCUT2D eigenvalue weighted by Gasteiger charge is -2.23. The summed E-state index contributed by atoms with van der Waals surface area (Å²) in [6.07, 6.45) is 6.99. The van der Waals surface area contributed by atoms with Crippen molar-refractivity contribution >= 4 is 33.4 Å². The third-order valence-electron chi connectivity index (χ3n) is 6.20. The van der Waals surface area contributed by atoms with Crippen molar-refractivity contribution in [1.82, 2.24) is 25.3 Å². The minimum atomic E-state index is -0.239. The molecule has 0 aliphatic carbocycles. The van der Waals surface area contributed by atoms with Crippen LogP contribution in [0.5, 0.6) is 0 Å². The Balaban J connectivity index is 1.29. The molecule has 0 bridgehead atoms. The molecular formula is C29H24N6O3. The summed E-state index contributed by atoms with van der Waals surface area (Å²) < 4.78 is 0. The molecule has 0 saturated heterocycles. The third-order valence-corrected chi connectivity index (χ3v) is 6.20. The molecule has 5 aromatic rings. The van der Waals surface area contributed by atoms with Crippen molar-refractivity contribution in [2.24, 2.45) is 0 Å². The largest absolute Gasteiger partial charge is 0.356 e. The van der Waals surface area contributed by atoms with Crippen molar-refractivity contribution in [3.63, 3.8) is 0 Å². The minimum absolute atomic E-state index is 0.180. The highest BCUT2D eigenvalue weighted by Gasteiger charge is 2.11. The lowest BCUT2D eigenvalue weighted by atomic mass is 10.1. The number of terminal acetylenes is 1. The average Bonchev–Trinajstić information content (AvgIpc) is 2.92. The zero-order chi connectivity index (χ0) is 26.6. The van der Waals surface area contributed by atoms with E-state index in [1.165, 1.54) is 6.33 Å². The highest BCUT2D eigenvalue weighted by atomic mass is 16.1. The van der Waals surface area contributed by atoms with Gasteiger partial charge >= 0.3 is 0 Å². The molecular weight excluding hydrogens is 480 g/mol. The lowest BCUT2D eigenvalue weighted by Crippen LogP contribution is -2.24. The SMILES string of the molecule is C#CCN(Cc1ccc2nc(C)[nH]c(=O)c2c1)c1ccc(C(=O)NCc2ccc3nc[nH]c(=O)c3c2)cc1. The molecule has 0 spiro atoms. The molecule has 0 unspecified atom stereocenters. The van der Waals surface area contributed by atoms with E-state index in [4.69, 9.17) is 6.42 Å². The van der Waals surface area contributed by atoms with E-state index in [9.17, 15) is 14.4 Å². The molecule has 1 amide bonds.